The summed E-state index contributed by atoms with van der Waals surface area (Å²) >= 11 is 12.0. The van der Waals surface area contributed by atoms with Crippen molar-refractivity contribution in [1.82, 2.24) is 0 Å². The molecule has 0 saturated heterocycles. The average Bonchev–Trinajstić information content (AvgIpc) is 2.34. The monoisotopic (exact) mass is 265 g/mol. The Kier molecular flexibility index (Phi) is 3.93. The van der Waals surface area contributed by atoms with Gasteiger partial charge in [-0.25, -0.2) is 0 Å². The molecule has 0 fully saturated rings. The van der Waals surface area contributed by atoms with Gasteiger partial charge in [0.2, 0.25) is 0 Å². The molecule has 0 aliphatic carbocycles. The lowest BCUT2D eigenvalue weighted by Gasteiger charge is -2.20. The second kappa shape index (κ2) is 5.44. The molecule has 88 valence electrons. The molecule has 2 aromatic rings. The fourth-order valence-electron chi connectivity index (χ4n) is 1.68. The first-order valence-corrected chi connectivity index (χ1v) is 6.12. The summed E-state index contributed by atoms with van der Waals surface area (Å²) in [6, 6.07) is 15.8. The van der Waals surface area contributed by atoms with Gasteiger partial charge in [0, 0.05) is 29.3 Å². The summed E-state index contributed by atoms with van der Waals surface area (Å²) in [6.07, 6.45) is 0. The van der Waals surface area contributed by atoms with E-state index in [9.17, 15) is 0 Å². The molecule has 0 N–H and O–H groups in total. The summed E-state index contributed by atoms with van der Waals surface area (Å²) in [4.78, 5) is 2.15. The fourth-order valence-corrected chi connectivity index (χ4v) is 2.15. The molecule has 2 rings (SSSR count). The minimum absolute atomic E-state index is 0.668. The average molecular weight is 266 g/mol. The minimum Gasteiger partial charge on any atom is -0.370 e. The number of anilines is 1. The third-order valence-electron chi connectivity index (χ3n) is 2.62. The van der Waals surface area contributed by atoms with Crippen molar-refractivity contribution in [2.24, 2.45) is 0 Å². The summed E-state index contributed by atoms with van der Waals surface area (Å²) in [5.74, 6) is 0. The molecule has 0 aliphatic heterocycles. The van der Waals surface area contributed by atoms with E-state index in [0.29, 0.717) is 10.0 Å². The van der Waals surface area contributed by atoms with Crippen LogP contribution in [0.15, 0.2) is 48.5 Å². The molecule has 17 heavy (non-hydrogen) atoms. The topological polar surface area (TPSA) is 3.24 Å². The van der Waals surface area contributed by atoms with Gasteiger partial charge in [-0.15, -0.1) is 0 Å². The first kappa shape index (κ1) is 12.3. The van der Waals surface area contributed by atoms with Gasteiger partial charge in [0.15, 0.2) is 0 Å². The van der Waals surface area contributed by atoms with Gasteiger partial charge in [0.25, 0.3) is 0 Å². The summed E-state index contributed by atoms with van der Waals surface area (Å²) in [5, 5.41) is 1.38. The first-order chi connectivity index (χ1) is 8.16. The Morgan fingerprint density at radius 1 is 1.00 bits per heavy atom. The Morgan fingerprint density at radius 2 is 1.71 bits per heavy atom. The van der Waals surface area contributed by atoms with Crippen LogP contribution in [-0.4, -0.2) is 7.05 Å². The largest absolute Gasteiger partial charge is 0.370 e. The van der Waals surface area contributed by atoms with Crippen LogP contribution in [0.1, 0.15) is 5.56 Å². The third kappa shape index (κ3) is 3.15. The number of nitrogens with zero attached hydrogens (tertiary/aromatic N) is 1. The second-order valence-electron chi connectivity index (χ2n) is 3.93. The maximum absolute atomic E-state index is 6.15. The van der Waals surface area contributed by atoms with E-state index in [0.717, 1.165) is 12.1 Å². The highest BCUT2D eigenvalue weighted by atomic mass is 35.5. The molecule has 2 aromatic carbocycles. The highest BCUT2D eigenvalue weighted by Gasteiger charge is 2.05. The number of hydrogen-bond acceptors (Lipinski definition) is 1. The van der Waals surface area contributed by atoms with Crippen LogP contribution in [0.5, 0.6) is 0 Å². The number of benzene rings is 2. The molecule has 0 amide bonds. The van der Waals surface area contributed by atoms with Gasteiger partial charge in [-0.3, -0.25) is 0 Å². The molecule has 0 heterocycles. The van der Waals surface area contributed by atoms with Gasteiger partial charge in [-0.2, -0.15) is 0 Å². The van der Waals surface area contributed by atoms with E-state index in [1.807, 2.05) is 37.4 Å². The van der Waals surface area contributed by atoms with Crippen molar-refractivity contribution in [1.29, 1.82) is 0 Å². The van der Waals surface area contributed by atoms with Crippen LogP contribution in [0.2, 0.25) is 10.0 Å². The maximum Gasteiger partial charge on any atom is 0.0470 e. The second-order valence-corrected chi connectivity index (χ2v) is 4.77. The van der Waals surface area contributed by atoms with Crippen LogP contribution in [-0.2, 0) is 6.54 Å². The van der Waals surface area contributed by atoms with Gasteiger partial charge >= 0.3 is 0 Å². The molecular formula is C14H13Cl2N. The fraction of sp³-hybridized carbons (Fsp3) is 0.143. The van der Waals surface area contributed by atoms with E-state index in [1.165, 1.54) is 5.69 Å². The molecule has 0 atom stereocenters. The van der Waals surface area contributed by atoms with E-state index in [1.54, 1.807) is 6.07 Å². The zero-order valence-corrected chi connectivity index (χ0v) is 11.0. The molecular weight excluding hydrogens is 253 g/mol. The predicted octanol–water partition coefficient (Wildman–Crippen LogP) is 4.63. The molecule has 0 saturated carbocycles. The number of halogens is 2. The van der Waals surface area contributed by atoms with Crippen LogP contribution >= 0.6 is 23.2 Å². The normalized spacial score (nSPS) is 10.3. The van der Waals surface area contributed by atoms with Crippen LogP contribution in [0.3, 0.4) is 0 Å². The molecule has 3 heteroatoms. The predicted molar refractivity (Wildman–Crippen MR) is 75.0 cm³/mol. The lowest BCUT2D eigenvalue weighted by atomic mass is 10.2. The Balaban J connectivity index is 2.16. The Hall–Kier alpha value is -1.18. The van der Waals surface area contributed by atoms with Gasteiger partial charge in [0.1, 0.15) is 0 Å². The lowest BCUT2D eigenvalue weighted by molar-refractivity contribution is 0.923. The highest BCUT2D eigenvalue weighted by Crippen LogP contribution is 2.23. The summed E-state index contributed by atoms with van der Waals surface area (Å²) in [5.41, 5.74) is 2.24. The van der Waals surface area contributed by atoms with Crippen LogP contribution in [0, 0.1) is 0 Å². The van der Waals surface area contributed by atoms with E-state index >= 15 is 0 Å². The molecule has 0 spiro atoms. The number of rotatable bonds is 3. The van der Waals surface area contributed by atoms with Crippen LogP contribution in [0.4, 0.5) is 5.69 Å². The van der Waals surface area contributed by atoms with Gasteiger partial charge in [0.05, 0.1) is 0 Å². The smallest absolute Gasteiger partial charge is 0.0470 e. The maximum atomic E-state index is 6.15. The van der Waals surface area contributed by atoms with Crippen molar-refractivity contribution in [2.45, 2.75) is 6.54 Å². The van der Waals surface area contributed by atoms with Crippen LogP contribution < -0.4 is 4.90 Å². The first-order valence-electron chi connectivity index (χ1n) is 5.37. The summed E-state index contributed by atoms with van der Waals surface area (Å²) < 4.78 is 0. The summed E-state index contributed by atoms with van der Waals surface area (Å²) in [6.45, 7) is 0.764. The van der Waals surface area contributed by atoms with Gasteiger partial charge < -0.3 is 4.90 Å². The molecule has 0 aromatic heterocycles. The lowest BCUT2D eigenvalue weighted by Crippen LogP contribution is -2.16. The third-order valence-corrected chi connectivity index (χ3v) is 3.21. The molecule has 1 nitrogen and oxygen atoms in total. The van der Waals surface area contributed by atoms with E-state index < -0.39 is 0 Å². The van der Waals surface area contributed by atoms with Crippen molar-refractivity contribution >= 4 is 28.9 Å². The Morgan fingerprint density at radius 3 is 2.35 bits per heavy atom. The Labute approximate surface area is 112 Å². The van der Waals surface area contributed by atoms with E-state index in [4.69, 9.17) is 23.2 Å². The van der Waals surface area contributed by atoms with Gasteiger partial charge in [-0.1, -0.05) is 47.5 Å². The van der Waals surface area contributed by atoms with Crippen molar-refractivity contribution in [3.63, 3.8) is 0 Å². The number of hydrogen-bond donors (Lipinski definition) is 0. The number of para-hydroxylation sites is 1. The molecule has 0 aliphatic rings. The van der Waals surface area contributed by atoms with Crippen molar-refractivity contribution in [3.05, 3.63) is 64.1 Å². The van der Waals surface area contributed by atoms with Crippen molar-refractivity contribution in [3.8, 4) is 0 Å². The highest BCUT2D eigenvalue weighted by molar-refractivity contribution is 6.35. The summed E-state index contributed by atoms with van der Waals surface area (Å²) in [7, 11) is 2.04. The Bertz CT molecular complexity index is 497. The van der Waals surface area contributed by atoms with E-state index in [2.05, 4.69) is 17.0 Å². The zero-order valence-electron chi connectivity index (χ0n) is 9.53. The minimum atomic E-state index is 0.668. The molecule has 0 radical (unpaired) electrons. The quantitative estimate of drug-likeness (QED) is 0.782. The van der Waals surface area contributed by atoms with Crippen LogP contribution in [0.25, 0.3) is 0 Å². The van der Waals surface area contributed by atoms with Gasteiger partial charge in [-0.05, 0) is 29.8 Å². The van der Waals surface area contributed by atoms with Crippen molar-refractivity contribution in [2.75, 3.05) is 11.9 Å². The van der Waals surface area contributed by atoms with E-state index in [-0.39, 0.29) is 0 Å². The SMILES string of the molecule is CN(Cc1ccc(Cl)cc1Cl)c1ccccc1. The molecule has 0 bridgehead atoms. The zero-order chi connectivity index (χ0) is 12.3. The standard InChI is InChI=1S/C14H13Cl2N/c1-17(13-5-3-2-4-6-13)10-11-7-8-12(15)9-14(11)16/h2-9H,10H2,1H3. The van der Waals surface area contributed by atoms with Crippen molar-refractivity contribution < 1.29 is 0 Å². The molecule has 0 unspecified atom stereocenters.